The lowest BCUT2D eigenvalue weighted by Gasteiger charge is -2.10. The third-order valence-electron chi connectivity index (χ3n) is 7.29. The zero-order valence-electron chi connectivity index (χ0n) is 21.4. The fourth-order valence-electron chi connectivity index (χ4n) is 5.41. The molecule has 4 heterocycles. The normalized spacial score (nSPS) is 11.5. The van der Waals surface area contributed by atoms with Crippen molar-refractivity contribution in [1.82, 2.24) is 19.5 Å². The van der Waals surface area contributed by atoms with Crippen molar-refractivity contribution in [2.24, 2.45) is 0 Å². The molecule has 0 saturated heterocycles. The molecule has 0 spiro atoms. The van der Waals surface area contributed by atoms with Gasteiger partial charge in [-0.25, -0.2) is 15.0 Å². The summed E-state index contributed by atoms with van der Waals surface area (Å²) in [7, 11) is 0. The summed E-state index contributed by atoms with van der Waals surface area (Å²) < 4.78 is 8.47. The lowest BCUT2D eigenvalue weighted by Crippen LogP contribution is -1.99. The van der Waals surface area contributed by atoms with Crippen LogP contribution < -0.4 is 0 Å². The van der Waals surface area contributed by atoms with E-state index in [4.69, 9.17) is 19.4 Å². The molecule has 0 saturated carbocycles. The Morgan fingerprint density at radius 2 is 1.20 bits per heavy atom. The molecule has 5 nitrogen and oxygen atoms in total. The van der Waals surface area contributed by atoms with Crippen molar-refractivity contribution in [1.29, 1.82) is 0 Å². The molecule has 5 heteroatoms. The summed E-state index contributed by atoms with van der Waals surface area (Å²) in [5, 5.41) is 3.35. The van der Waals surface area contributed by atoms with Gasteiger partial charge in [0.1, 0.15) is 11.4 Å². The second-order valence-corrected chi connectivity index (χ2v) is 9.73. The average Bonchev–Trinajstić information content (AvgIpc) is 3.56. The van der Waals surface area contributed by atoms with Crippen molar-refractivity contribution in [3.05, 3.63) is 134 Å². The number of furan rings is 1. The maximum Gasteiger partial charge on any atom is 0.215 e. The number of hydrogen-bond acceptors (Lipinski definition) is 4. The van der Waals surface area contributed by atoms with E-state index in [9.17, 15) is 0 Å². The zero-order chi connectivity index (χ0) is 26.5. The number of rotatable bonds is 4. The van der Waals surface area contributed by atoms with Crippen LogP contribution in [0, 0.1) is 0 Å². The van der Waals surface area contributed by atoms with Crippen LogP contribution in [0.5, 0.6) is 0 Å². The Bertz CT molecular complexity index is 2090. The molecule has 0 aliphatic rings. The minimum atomic E-state index is 0.682. The van der Waals surface area contributed by atoms with Crippen LogP contribution >= 0.6 is 0 Å². The van der Waals surface area contributed by atoms with E-state index in [1.165, 1.54) is 0 Å². The number of pyridine rings is 1. The first-order valence-electron chi connectivity index (χ1n) is 13.2. The van der Waals surface area contributed by atoms with Crippen LogP contribution in [0.1, 0.15) is 0 Å². The quantitative estimate of drug-likeness (QED) is 0.236. The summed E-state index contributed by atoms with van der Waals surface area (Å²) in [4.78, 5) is 14.8. The number of fused-ring (bicyclic) bond motifs is 5. The highest BCUT2D eigenvalue weighted by Crippen LogP contribution is 2.38. The lowest BCUT2D eigenvalue weighted by atomic mass is 10.1. The molecule has 0 amide bonds. The van der Waals surface area contributed by atoms with Crippen molar-refractivity contribution in [2.75, 3.05) is 0 Å². The topological polar surface area (TPSA) is 56.7 Å². The van der Waals surface area contributed by atoms with Crippen molar-refractivity contribution in [3.63, 3.8) is 0 Å². The van der Waals surface area contributed by atoms with Gasteiger partial charge >= 0.3 is 0 Å². The molecule has 8 rings (SSSR count). The second kappa shape index (κ2) is 9.03. The molecule has 0 bridgehead atoms. The van der Waals surface area contributed by atoms with Crippen LogP contribution in [-0.4, -0.2) is 19.5 Å². The maximum atomic E-state index is 6.37. The highest BCUT2D eigenvalue weighted by Gasteiger charge is 2.19. The van der Waals surface area contributed by atoms with E-state index >= 15 is 0 Å². The van der Waals surface area contributed by atoms with Gasteiger partial charge in [0.25, 0.3) is 0 Å². The molecule has 4 aromatic carbocycles. The van der Waals surface area contributed by atoms with E-state index in [-0.39, 0.29) is 0 Å². The molecule has 0 N–H and O–H groups in total. The number of nitrogens with zero attached hydrogens (tertiary/aromatic N) is 4. The second-order valence-electron chi connectivity index (χ2n) is 9.73. The molecule has 0 aliphatic heterocycles. The summed E-state index contributed by atoms with van der Waals surface area (Å²) in [5.41, 5.74) is 7.33. The Balaban J connectivity index is 1.28. The van der Waals surface area contributed by atoms with Crippen molar-refractivity contribution >= 4 is 33.0 Å². The maximum absolute atomic E-state index is 6.37. The van der Waals surface area contributed by atoms with Crippen LogP contribution in [-0.2, 0) is 0 Å². The van der Waals surface area contributed by atoms with E-state index < -0.39 is 0 Å². The van der Waals surface area contributed by atoms with Crippen LogP contribution in [0.25, 0.3) is 72.7 Å². The summed E-state index contributed by atoms with van der Waals surface area (Å²) in [6.07, 6.45) is 1.88. The highest BCUT2D eigenvalue weighted by molar-refractivity contribution is 6.19. The first-order chi connectivity index (χ1) is 19.8. The molecular weight excluding hydrogens is 492 g/mol. The molecule has 4 aromatic heterocycles. The summed E-state index contributed by atoms with van der Waals surface area (Å²) >= 11 is 0. The average molecular weight is 515 g/mol. The van der Waals surface area contributed by atoms with Crippen LogP contribution in [0.3, 0.4) is 0 Å². The largest absolute Gasteiger partial charge is 0.439 e. The van der Waals surface area contributed by atoms with Crippen LogP contribution in [0.2, 0.25) is 0 Å². The zero-order valence-corrected chi connectivity index (χ0v) is 21.4. The van der Waals surface area contributed by atoms with Gasteiger partial charge < -0.3 is 4.42 Å². The first-order valence-corrected chi connectivity index (χ1v) is 13.2. The van der Waals surface area contributed by atoms with Gasteiger partial charge in [-0.15, -0.1) is 0 Å². The summed E-state index contributed by atoms with van der Waals surface area (Å²) in [6.45, 7) is 0. The van der Waals surface area contributed by atoms with Crippen LogP contribution in [0.15, 0.2) is 138 Å². The molecule has 0 aliphatic carbocycles. The van der Waals surface area contributed by atoms with E-state index in [0.717, 1.165) is 66.9 Å². The predicted octanol–water partition coefficient (Wildman–Crippen LogP) is 8.72. The molecule has 0 radical (unpaired) electrons. The monoisotopic (exact) mass is 514 g/mol. The number of benzene rings is 4. The van der Waals surface area contributed by atoms with E-state index in [0.29, 0.717) is 5.82 Å². The number of para-hydroxylation sites is 2. The Labute approximate surface area is 230 Å². The van der Waals surface area contributed by atoms with Gasteiger partial charge in [0.05, 0.1) is 22.3 Å². The molecule has 188 valence electrons. The fourth-order valence-corrected chi connectivity index (χ4v) is 5.41. The van der Waals surface area contributed by atoms with Gasteiger partial charge in [-0.05, 0) is 30.3 Å². The Morgan fingerprint density at radius 3 is 1.95 bits per heavy atom. The van der Waals surface area contributed by atoms with Gasteiger partial charge in [-0.1, -0.05) is 97.1 Å². The molecule has 8 aromatic rings. The van der Waals surface area contributed by atoms with Crippen molar-refractivity contribution < 1.29 is 4.42 Å². The fraction of sp³-hybridized carbons (Fsp3) is 0. The third-order valence-corrected chi connectivity index (χ3v) is 7.29. The smallest absolute Gasteiger partial charge is 0.215 e. The third kappa shape index (κ3) is 3.60. The molecule has 0 unspecified atom stereocenters. The van der Waals surface area contributed by atoms with E-state index in [2.05, 4.69) is 47.0 Å². The summed E-state index contributed by atoms with van der Waals surface area (Å²) in [6, 6.07) is 42.9. The SMILES string of the molecule is c1ccc(-c2cc(-c3ccc(-n4c5ccccc5c5c6ccccc6oc54)nc3)nc(-c3ccccc3)n2)cc1. The number of hydrogen-bond donors (Lipinski definition) is 0. The molecule has 0 atom stereocenters. The number of aromatic nitrogens is 4. The van der Waals surface area contributed by atoms with Crippen molar-refractivity contribution in [3.8, 4) is 39.7 Å². The van der Waals surface area contributed by atoms with Gasteiger partial charge in [0, 0.05) is 33.7 Å². The Kier molecular flexibility index (Phi) is 5.07. The van der Waals surface area contributed by atoms with Crippen LogP contribution in [0.4, 0.5) is 0 Å². The van der Waals surface area contributed by atoms with Gasteiger partial charge in [0.2, 0.25) is 5.71 Å². The first kappa shape index (κ1) is 22.4. The molecule has 40 heavy (non-hydrogen) atoms. The van der Waals surface area contributed by atoms with E-state index in [1.807, 2.05) is 91.1 Å². The Morgan fingerprint density at radius 1 is 0.550 bits per heavy atom. The minimum absolute atomic E-state index is 0.682. The van der Waals surface area contributed by atoms with Gasteiger partial charge in [-0.3, -0.25) is 4.57 Å². The lowest BCUT2D eigenvalue weighted by molar-refractivity contribution is 0.644. The Hall–Kier alpha value is -5.55. The highest BCUT2D eigenvalue weighted by atomic mass is 16.3. The van der Waals surface area contributed by atoms with Crippen molar-refractivity contribution in [2.45, 2.75) is 0 Å². The minimum Gasteiger partial charge on any atom is -0.439 e. The van der Waals surface area contributed by atoms with E-state index in [1.54, 1.807) is 0 Å². The molecule has 0 fully saturated rings. The van der Waals surface area contributed by atoms with Gasteiger partial charge in [-0.2, -0.15) is 0 Å². The predicted molar refractivity (Wildman–Crippen MR) is 160 cm³/mol. The summed E-state index contributed by atoms with van der Waals surface area (Å²) in [5.74, 6) is 1.47. The van der Waals surface area contributed by atoms with Gasteiger partial charge in [0.15, 0.2) is 5.82 Å². The molecular formula is C35H22N4O. The standard InChI is InChI=1S/C35H22N4O/c1-3-11-23(12-4-1)28-21-29(38-34(37-28)24-13-5-2-6-14-24)25-19-20-32(36-22-25)39-30-17-9-7-15-26(30)33-27-16-8-10-18-31(27)40-35(33)39/h1-22H.